The third-order valence-corrected chi connectivity index (χ3v) is 4.85. The Bertz CT molecular complexity index is 762. The lowest BCUT2D eigenvalue weighted by Crippen LogP contribution is -2.36. The minimum atomic E-state index is -0.412. The summed E-state index contributed by atoms with van der Waals surface area (Å²) in [5.74, 6) is 1.54. The van der Waals surface area contributed by atoms with E-state index < -0.39 is 6.04 Å². The van der Waals surface area contributed by atoms with E-state index in [1.165, 1.54) is 6.20 Å². The van der Waals surface area contributed by atoms with Gasteiger partial charge in [0.05, 0.1) is 31.5 Å². The molecule has 2 aromatic rings. The maximum absolute atomic E-state index is 13.0. The van der Waals surface area contributed by atoms with Gasteiger partial charge in [-0.05, 0) is 38.0 Å². The molecule has 1 fully saturated rings. The van der Waals surface area contributed by atoms with E-state index in [4.69, 9.17) is 21.1 Å². The standard InChI is InChI=1S/C18H22ClN3O3/c1-12(22-11-13(19)10-20-22)18(23)21-8-4-5-16(21)15-9-14(24-2)6-7-17(15)25-3/h6-7,9-12,16H,4-5,8H2,1-3H3/t12-,16-/m0/s1. The Kier molecular flexibility index (Phi) is 5.18. The van der Waals surface area contributed by atoms with Crippen LogP contribution in [0.5, 0.6) is 11.5 Å². The number of hydrogen-bond acceptors (Lipinski definition) is 4. The SMILES string of the molecule is COc1ccc(OC)c([C@@H]2CCCN2C(=O)[C@H](C)n2cc(Cl)cn2)c1. The minimum absolute atomic E-state index is 0.0205. The van der Waals surface area contributed by atoms with Crippen molar-refractivity contribution in [2.45, 2.75) is 31.8 Å². The molecule has 7 heteroatoms. The van der Waals surface area contributed by atoms with Crippen molar-refractivity contribution in [3.8, 4) is 11.5 Å². The lowest BCUT2D eigenvalue weighted by Gasteiger charge is -2.29. The van der Waals surface area contributed by atoms with Crippen molar-refractivity contribution >= 4 is 17.5 Å². The summed E-state index contributed by atoms with van der Waals surface area (Å²) in [6.45, 7) is 2.55. The third kappa shape index (κ3) is 3.44. The van der Waals surface area contributed by atoms with Crippen molar-refractivity contribution in [1.29, 1.82) is 0 Å². The third-order valence-electron chi connectivity index (χ3n) is 4.66. The van der Waals surface area contributed by atoms with E-state index in [2.05, 4.69) is 5.10 Å². The largest absolute Gasteiger partial charge is 0.497 e. The summed E-state index contributed by atoms with van der Waals surface area (Å²) in [6.07, 6.45) is 5.05. The Labute approximate surface area is 152 Å². The predicted molar refractivity (Wildman–Crippen MR) is 95.2 cm³/mol. The van der Waals surface area contributed by atoms with Crippen molar-refractivity contribution in [2.75, 3.05) is 20.8 Å². The molecular formula is C18H22ClN3O3. The normalized spacial score (nSPS) is 18.2. The van der Waals surface area contributed by atoms with Gasteiger partial charge < -0.3 is 14.4 Å². The zero-order valence-corrected chi connectivity index (χ0v) is 15.4. The Morgan fingerprint density at radius 1 is 1.36 bits per heavy atom. The zero-order chi connectivity index (χ0) is 18.0. The Balaban J connectivity index is 1.89. The number of aromatic nitrogens is 2. The molecule has 0 aliphatic carbocycles. The van der Waals surface area contributed by atoms with Crippen LogP contribution in [-0.4, -0.2) is 41.4 Å². The van der Waals surface area contributed by atoms with Gasteiger partial charge in [-0.1, -0.05) is 11.6 Å². The van der Waals surface area contributed by atoms with Crippen LogP contribution in [0.4, 0.5) is 0 Å². The number of methoxy groups -OCH3 is 2. The second-order valence-electron chi connectivity index (χ2n) is 6.11. The van der Waals surface area contributed by atoms with Gasteiger partial charge in [-0.25, -0.2) is 0 Å². The molecule has 0 spiro atoms. The molecule has 1 saturated heterocycles. The molecule has 134 valence electrons. The molecule has 1 aromatic heterocycles. The van der Waals surface area contributed by atoms with Gasteiger partial charge in [0.25, 0.3) is 0 Å². The topological polar surface area (TPSA) is 56.6 Å². The van der Waals surface area contributed by atoms with Crippen LogP contribution in [0.1, 0.15) is 37.4 Å². The number of ether oxygens (including phenoxy) is 2. The van der Waals surface area contributed by atoms with E-state index in [1.54, 1.807) is 25.1 Å². The molecule has 0 unspecified atom stereocenters. The molecule has 2 atom stereocenters. The predicted octanol–water partition coefficient (Wildman–Crippen LogP) is 3.48. The van der Waals surface area contributed by atoms with Gasteiger partial charge in [-0.2, -0.15) is 5.10 Å². The van der Waals surface area contributed by atoms with Gasteiger partial charge >= 0.3 is 0 Å². The van der Waals surface area contributed by atoms with E-state index in [0.717, 1.165) is 29.9 Å². The molecule has 0 bridgehead atoms. The molecule has 3 rings (SSSR count). The molecule has 0 saturated carbocycles. The van der Waals surface area contributed by atoms with Gasteiger partial charge in [-0.15, -0.1) is 0 Å². The van der Waals surface area contributed by atoms with Crippen molar-refractivity contribution in [1.82, 2.24) is 14.7 Å². The van der Waals surface area contributed by atoms with Gasteiger partial charge in [-0.3, -0.25) is 9.48 Å². The summed E-state index contributed by atoms with van der Waals surface area (Å²) in [6, 6.07) is 5.24. The highest BCUT2D eigenvalue weighted by Gasteiger charge is 2.35. The maximum atomic E-state index is 13.0. The van der Waals surface area contributed by atoms with Crippen LogP contribution in [0.3, 0.4) is 0 Å². The van der Waals surface area contributed by atoms with Crippen molar-refractivity contribution in [3.05, 3.63) is 41.2 Å². The number of likely N-dealkylation sites (tertiary alicyclic amines) is 1. The van der Waals surface area contributed by atoms with E-state index in [-0.39, 0.29) is 11.9 Å². The van der Waals surface area contributed by atoms with Crippen LogP contribution in [-0.2, 0) is 4.79 Å². The van der Waals surface area contributed by atoms with E-state index in [9.17, 15) is 4.79 Å². The molecule has 1 aromatic carbocycles. The van der Waals surface area contributed by atoms with Crippen LogP contribution in [0, 0.1) is 0 Å². The fraction of sp³-hybridized carbons (Fsp3) is 0.444. The molecule has 6 nitrogen and oxygen atoms in total. The first-order chi connectivity index (χ1) is 12.0. The highest BCUT2D eigenvalue weighted by molar-refractivity contribution is 6.30. The molecule has 1 aliphatic rings. The van der Waals surface area contributed by atoms with Crippen molar-refractivity contribution in [3.63, 3.8) is 0 Å². The highest BCUT2D eigenvalue weighted by atomic mass is 35.5. The fourth-order valence-corrected chi connectivity index (χ4v) is 3.48. The second kappa shape index (κ2) is 7.35. The lowest BCUT2D eigenvalue weighted by molar-refractivity contribution is -0.135. The van der Waals surface area contributed by atoms with Gasteiger partial charge in [0.1, 0.15) is 17.5 Å². The van der Waals surface area contributed by atoms with Gasteiger partial charge in [0.2, 0.25) is 5.91 Å². The molecule has 25 heavy (non-hydrogen) atoms. The van der Waals surface area contributed by atoms with Crippen LogP contribution in [0.2, 0.25) is 5.02 Å². The summed E-state index contributed by atoms with van der Waals surface area (Å²) in [5, 5.41) is 4.68. The zero-order valence-electron chi connectivity index (χ0n) is 14.6. The molecular weight excluding hydrogens is 342 g/mol. The highest BCUT2D eigenvalue weighted by Crippen LogP contribution is 2.39. The summed E-state index contributed by atoms with van der Waals surface area (Å²) in [7, 11) is 3.27. The second-order valence-corrected chi connectivity index (χ2v) is 6.55. The Hall–Kier alpha value is -2.21. The number of carbonyl (C=O) groups is 1. The lowest BCUT2D eigenvalue weighted by atomic mass is 10.0. The van der Waals surface area contributed by atoms with Crippen molar-refractivity contribution in [2.24, 2.45) is 0 Å². The molecule has 2 heterocycles. The summed E-state index contributed by atoms with van der Waals surface area (Å²) in [5.41, 5.74) is 0.971. The number of nitrogens with zero attached hydrogens (tertiary/aromatic N) is 3. The number of hydrogen-bond donors (Lipinski definition) is 0. The fourth-order valence-electron chi connectivity index (χ4n) is 3.33. The van der Waals surface area contributed by atoms with E-state index in [0.29, 0.717) is 11.6 Å². The molecule has 0 N–H and O–H groups in total. The van der Waals surface area contributed by atoms with Crippen LogP contribution < -0.4 is 9.47 Å². The first-order valence-corrected chi connectivity index (χ1v) is 8.65. The summed E-state index contributed by atoms with van der Waals surface area (Å²) >= 11 is 5.93. The first-order valence-electron chi connectivity index (χ1n) is 8.27. The Morgan fingerprint density at radius 2 is 2.16 bits per heavy atom. The average Bonchev–Trinajstić information content (AvgIpc) is 3.28. The van der Waals surface area contributed by atoms with E-state index in [1.807, 2.05) is 30.0 Å². The minimum Gasteiger partial charge on any atom is -0.497 e. The van der Waals surface area contributed by atoms with Crippen LogP contribution >= 0.6 is 11.6 Å². The first kappa shape index (κ1) is 17.6. The van der Waals surface area contributed by atoms with Crippen LogP contribution in [0.15, 0.2) is 30.6 Å². The monoisotopic (exact) mass is 363 g/mol. The van der Waals surface area contributed by atoms with Gasteiger partial charge in [0.15, 0.2) is 0 Å². The smallest absolute Gasteiger partial charge is 0.247 e. The van der Waals surface area contributed by atoms with Crippen molar-refractivity contribution < 1.29 is 14.3 Å². The molecule has 0 radical (unpaired) electrons. The Morgan fingerprint density at radius 3 is 2.80 bits per heavy atom. The number of rotatable bonds is 5. The molecule has 1 aliphatic heterocycles. The van der Waals surface area contributed by atoms with Crippen LogP contribution in [0.25, 0.3) is 0 Å². The quantitative estimate of drug-likeness (QED) is 0.816. The summed E-state index contributed by atoms with van der Waals surface area (Å²) in [4.78, 5) is 14.9. The number of amides is 1. The summed E-state index contributed by atoms with van der Waals surface area (Å²) < 4.78 is 12.4. The average molecular weight is 364 g/mol. The van der Waals surface area contributed by atoms with E-state index >= 15 is 0 Å². The number of benzene rings is 1. The number of carbonyl (C=O) groups excluding carboxylic acids is 1. The number of halogens is 1. The molecule has 1 amide bonds. The maximum Gasteiger partial charge on any atom is 0.247 e. The van der Waals surface area contributed by atoms with Gasteiger partial charge in [0, 0.05) is 18.3 Å².